The fourth-order valence-electron chi connectivity index (χ4n) is 1.86. The SMILES string of the molecule is O=C(NCCCCCO)c1csc2ccccc12. The molecule has 2 N–H and O–H groups in total. The van der Waals surface area contributed by atoms with Gasteiger partial charge in [-0.2, -0.15) is 0 Å². The summed E-state index contributed by atoms with van der Waals surface area (Å²) in [7, 11) is 0. The van der Waals surface area contributed by atoms with Crippen LogP contribution in [0.15, 0.2) is 29.6 Å². The van der Waals surface area contributed by atoms with E-state index in [1.54, 1.807) is 11.3 Å². The van der Waals surface area contributed by atoms with Crippen LogP contribution in [0.1, 0.15) is 29.6 Å². The highest BCUT2D eigenvalue weighted by Gasteiger charge is 2.10. The van der Waals surface area contributed by atoms with Crippen LogP contribution in [0.2, 0.25) is 0 Å². The third kappa shape index (κ3) is 3.09. The Hall–Kier alpha value is -1.39. The topological polar surface area (TPSA) is 49.3 Å². The summed E-state index contributed by atoms with van der Waals surface area (Å²) in [5.41, 5.74) is 0.762. The van der Waals surface area contributed by atoms with E-state index in [-0.39, 0.29) is 12.5 Å². The summed E-state index contributed by atoms with van der Waals surface area (Å²) in [4.78, 5) is 12.0. The molecule has 0 atom stereocenters. The number of unbranched alkanes of at least 4 members (excludes halogenated alkanes) is 2. The average Bonchev–Trinajstić information content (AvgIpc) is 2.82. The van der Waals surface area contributed by atoms with E-state index in [9.17, 15) is 4.79 Å². The number of hydrogen-bond acceptors (Lipinski definition) is 3. The van der Waals surface area contributed by atoms with Crippen LogP contribution in [0, 0.1) is 0 Å². The van der Waals surface area contributed by atoms with Crippen LogP contribution in [0.3, 0.4) is 0 Å². The van der Waals surface area contributed by atoms with Gasteiger partial charge in [0.05, 0.1) is 5.56 Å². The third-order valence-electron chi connectivity index (χ3n) is 2.85. The number of carbonyl (C=O) groups excluding carboxylic acids is 1. The van der Waals surface area contributed by atoms with Crippen molar-refractivity contribution in [1.29, 1.82) is 0 Å². The van der Waals surface area contributed by atoms with Gasteiger partial charge in [0.15, 0.2) is 0 Å². The lowest BCUT2D eigenvalue weighted by Gasteiger charge is -2.03. The van der Waals surface area contributed by atoms with Gasteiger partial charge in [-0.15, -0.1) is 11.3 Å². The number of amides is 1. The highest BCUT2D eigenvalue weighted by Crippen LogP contribution is 2.25. The van der Waals surface area contributed by atoms with E-state index >= 15 is 0 Å². The lowest BCUT2D eigenvalue weighted by atomic mass is 10.1. The van der Waals surface area contributed by atoms with Gasteiger partial charge in [0.2, 0.25) is 0 Å². The molecule has 0 saturated carbocycles. The number of rotatable bonds is 6. The highest BCUT2D eigenvalue weighted by atomic mass is 32.1. The zero-order valence-electron chi connectivity index (χ0n) is 10.2. The number of fused-ring (bicyclic) bond motifs is 1. The van der Waals surface area contributed by atoms with E-state index in [1.807, 2.05) is 29.6 Å². The van der Waals surface area contributed by atoms with Gasteiger partial charge in [0.1, 0.15) is 0 Å². The second-order valence-corrected chi connectivity index (χ2v) is 5.10. The number of benzene rings is 1. The zero-order valence-corrected chi connectivity index (χ0v) is 11.0. The fraction of sp³-hybridized carbons (Fsp3) is 0.357. The molecule has 1 aromatic heterocycles. The van der Waals surface area contributed by atoms with Crippen LogP contribution in [0.4, 0.5) is 0 Å². The summed E-state index contributed by atoms with van der Waals surface area (Å²) in [6.45, 7) is 0.895. The van der Waals surface area contributed by atoms with Crippen molar-refractivity contribution in [3.05, 3.63) is 35.2 Å². The molecule has 0 radical (unpaired) electrons. The van der Waals surface area contributed by atoms with E-state index in [0.717, 1.165) is 34.9 Å². The predicted octanol–water partition coefficient (Wildman–Crippen LogP) is 2.79. The van der Waals surface area contributed by atoms with Crippen molar-refractivity contribution in [1.82, 2.24) is 5.32 Å². The maximum absolute atomic E-state index is 12.0. The molecular formula is C14H17NO2S. The predicted molar refractivity (Wildman–Crippen MR) is 75.1 cm³/mol. The first-order chi connectivity index (χ1) is 8.83. The van der Waals surface area contributed by atoms with E-state index in [4.69, 9.17) is 5.11 Å². The van der Waals surface area contributed by atoms with Crippen LogP contribution < -0.4 is 5.32 Å². The van der Waals surface area contributed by atoms with Crippen molar-refractivity contribution >= 4 is 27.3 Å². The number of thiophene rings is 1. The second kappa shape index (κ2) is 6.52. The molecule has 0 bridgehead atoms. The first kappa shape index (κ1) is 13.1. The first-order valence-electron chi connectivity index (χ1n) is 6.18. The zero-order chi connectivity index (χ0) is 12.8. The molecule has 4 heteroatoms. The largest absolute Gasteiger partial charge is 0.396 e. The Bertz CT molecular complexity index is 521. The quantitative estimate of drug-likeness (QED) is 0.787. The van der Waals surface area contributed by atoms with Gasteiger partial charge in [-0.05, 0) is 25.3 Å². The number of aliphatic hydroxyl groups excluding tert-OH is 1. The summed E-state index contributed by atoms with van der Waals surface area (Å²) in [6.07, 6.45) is 2.66. The molecule has 1 aromatic carbocycles. The lowest BCUT2D eigenvalue weighted by molar-refractivity contribution is 0.0955. The smallest absolute Gasteiger partial charge is 0.252 e. The van der Waals surface area contributed by atoms with Gasteiger partial charge >= 0.3 is 0 Å². The van der Waals surface area contributed by atoms with Crippen molar-refractivity contribution in [2.24, 2.45) is 0 Å². The van der Waals surface area contributed by atoms with Crippen molar-refractivity contribution in [3.8, 4) is 0 Å². The van der Waals surface area contributed by atoms with Gasteiger partial charge < -0.3 is 10.4 Å². The molecule has 0 unspecified atom stereocenters. The molecule has 0 aliphatic heterocycles. The summed E-state index contributed by atoms with van der Waals surface area (Å²) >= 11 is 1.60. The Morgan fingerprint density at radius 2 is 2.06 bits per heavy atom. The van der Waals surface area contributed by atoms with Crippen LogP contribution in [-0.2, 0) is 0 Å². The molecule has 0 spiro atoms. The molecule has 0 saturated heterocycles. The Morgan fingerprint density at radius 1 is 1.22 bits per heavy atom. The number of carbonyl (C=O) groups is 1. The van der Waals surface area contributed by atoms with Crippen LogP contribution in [-0.4, -0.2) is 24.2 Å². The molecule has 0 fully saturated rings. The molecule has 0 aliphatic rings. The normalized spacial score (nSPS) is 10.7. The van der Waals surface area contributed by atoms with Gasteiger partial charge in [-0.1, -0.05) is 18.2 Å². The maximum Gasteiger partial charge on any atom is 0.252 e. The Balaban J connectivity index is 1.93. The second-order valence-electron chi connectivity index (χ2n) is 4.19. The molecule has 2 rings (SSSR count). The summed E-state index contributed by atoms with van der Waals surface area (Å²) in [6, 6.07) is 7.94. The van der Waals surface area contributed by atoms with E-state index in [0.29, 0.717) is 6.54 Å². The first-order valence-corrected chi connectivity index (χ1v) is 7.06. The Morgan fingerprint density at radius 3 is 2.89 bits per heavy atom. The van der Waals surface area contributed by atoms with E-state index < -0.39 is 0 Å². The van der Waals surface area contributed by atoms with Crippen molar-refractivity contribution in [2.45, 2.75) is 19.3 Å². The molecule has 2 aromatic rings. The molecule has 0 aliphatic carbocycles. The van der Waals surface area contributed by atoms with Crippen LogP contribution in [0.5, 0.6) is 0 Å². The van der Waals surface area contributed by atoms with Crippen LogP contribution >= 0.6 is 11.3 Å². The minimum absolute atomic E-state index is 0.00329. The van der Waals surface area contributed by atoms with Crippen molar-refractivity contribution in [3.63, 3.8) is 0 Å². The minimum atomic E-state index is -0.00329. The monoisotopic (exact) mass is 263 g/mol. The summed E-state index contributed by atoms with van der Waals surface area (Å²) < 4.78 is 1.14. The third-order valence-corrected chi connectivity index (χ3v) is 3.81. The number of nitrogens with one attached hydrogen (secondary N) is 1. The molecule has 3 nitrogen and oxygen atoms in total. The number of aliphatic hydroxyl groups is 1. The average molecular weight is 263 g/mol. The summed E-state index contributed by atoms with van der Waals surface area (Å²) in [5.74, 6) is -0.00329. The van der Waals surface area contributed by atoms with E-state index in [2.05, 4.69) is 5.32 Å². The van der Waals surface area contributed by atoms with Gasteiger partial charge in [0.25, 0.3) is 5.91 Å². The number of hydrogen-bond donors (Lipinski definition) is 2. The van der Waals surface area contributed by atoms with Crippen molar-refractivity contribution < 1.29 is 9.90 Å². The van der Waals surface area contributed by atoms with Gasteiger partial charge in [0, 0.05) is 28.6 Å². The van der Waals surface area contributed by atoms with E-state index in [1.165, 1.54) is 0 Å². The molecule has 96 valence electrons. The Labute approximate surface area is 110 Å². The molecule has 1 amide bonds. The molecule has 18 heavy (non-hydrogen) atoms. The van der Waals surface area contributed by atoms with Crippen molar-refractivity contribution in [2.75, 3.05) is 13.2 Å². The van der Waals surface area contributed by atoms with Gasteiger partial charge in [-0.3, -0.25) is 4.79 Å². The molecule has 1 heterocycles. The highest BCUT2D eigenvalue weighted by molar-refractivity contribution is 7.17. The minimum Gasteiger partial charge on any atom is -0.396 e. The standard InChI is InChI=1S/C14H17NO2S/c16-9-5-1-4-8-15-14(17)12-10-18-13-7-3-2-6-11(12)13/h2-3,6-7,10,16H,1,4-5,8-9H2,(H,15,17). The van der Waals surface area contributed by atoms with Gasteiger partial charge in [-0.25, -0.2) is 0 Å². The Kier molecular flexibility index (Phi) is 4.73. The fourth-order valence-corrected chi connectivity index (χ4v) is 2.81. The maximum atomic E-state index is 12.0. The van der Waals surface area contributed by atoms with Crippen LogP contribution in [0.25, 0.3) is 10.1 Å². The lowest BCUT2D eigenvalue weighted by Crippen LogP contribution is -2.24. The molecular weight excluding hydrogens is 246 g/mol. The summed E-state index contributed by atoms with van der Waals surface area (Å²) in [5, 5.41) is 14.5.